The van der Waals surface area contributed by atoms with Crippen molar-refractivity contribution in [2.24, 2.45) is 11.7 Å². The van der Waals surface area contributed by atoms with Gasteiger partial charge in [0.2, 0.25) is 5.91 Å². The molecule has 5 nitrogen and oxygen atoms in total. The minimum Gasteiger partial charge on any atom is -0.481 e. The van der Waals surface area contributed by atoms with Crippen LogP contribution in [-0.2, 0) is 9.59 Å². The van der Waals surface area contributed by atoms with Crippen molar-refractivity contribution < 1.29 is 14.7 Å². The maximum absolute atomic E-state index is 12.2. The van der Waals surface area contributed by atoms with E-state index in [0.717, 1.165) is 32.1 Å². The molecule has 1 saturated heterocycles. The fraction of sp³-hybridized carbons (Fsp3) is 0.857. The van der Waals surface area contributed by atoms with E-state index >= 15 is 0 Å². The molecule has 1 rings (SSSR count). The second-order valence-electron chi connectivity index (χ2n) is 5.37. The van der Waals surface area contributed by atoms with Gasteiger partial charge in [-0.05, 0) is 38.1 Å². The number of amides is 1. The van der Waals surface area contributed by atoms with Crippen LogP contribution in [0.25, 0.3) is 0 Å². The summed E-state index contributed by atoms with van der Waals surface area (Å²) in [5.74, 6) is -0.201. The first-order chi connectivity index (χ1) is 9.08. The lowest BCUT2D eigenvalue weighted by Gasteiger charge is -2.24. The van der Waals surface area contributed by atoms with Gasteiger partial charge in [0.05, 0.1) is 6.42 Å². The van der Waals surface area contributed by atoms with Crippen LogP contribution in [0.2, 0.25) is 0 Å². The zero-order valence-corrected chi connectivity index (χ0v) is 11.8. The minimum atomic E-state index is -0.820. The molecule has 1 heterocycles. The molecule has 0 saturated carbocycles. The molecule has 1 amide bonds. The van der Waals surface area contributed by atoms with E-state index in [2.05, 4.69) is 6.92 Å². The molecule has 1 fully saturated rings. The van der Waals surface area contributed by atoms with E-state index in [4.69, 9.17) is 10.8 Å². The highest BCUT2D eigenvalue weighted by molar-refractivity contribution is 5.78. The number of likely N-dealkylation sites (tertiary alicyclic amines) is 1. The summed E-state index contributed by atoms with van der Waals surface area (Å²) in [5.41, 5.74) is 5.55. The van der Waals surface area contributed by atoms with E-state index in [-0.39, 0.29) is 18.4 Å². The van der Waals surface area contributed by atoms with E-state index in [1.807, 2.05) is 0 Å². The molecular weight excluding hydrogens is 244 g/mol. The van der Waals surface area contributed by atoms with Gasteiger partial charge in [0.1, 0.15) is 0 Å². The molecule has 0 aromatic carbocycles. The lowest BCUT2D eigenvalue weighted by molar-refractivity contribution is -0.140. The number of carboxylic acids is 1. The molecule has 0 aromatic heterocycles. The standard InChI is InChI=1S/C14H26N2O3/c1-2-11(7-8-15)5-6-13(17)16-9-3-4-12(16)10-14(18)19/h11-12H,2-10,15H2,1H3,(H,18,19). The van der Waals surface area contributed by atoms with Crippen molar-refractivity contribution in [3.05, 3.63) is 0 Å². The highest BCUT2D eigenvalue weighted by atomic mass is 16.4. The zero-order valence-electron chi connectivity index (χ0n) is 11.8. The number of carbonyl (C=O) groups excluding carboxylic acids is 1. The molecule has 1 aliphatic rings. The molecule has 2 unspecified atom stereocenters. The van der Waals surface area contributed by atoms with Gasteiger partial charge in [-0.15, -0.1) is 0 Å². The second kappa shape index (κ2) is 8.15. The second-order valence-corrected chi connectivity index (χ2v) is 5.37. The van der Waals surface area contributed by atoms with E-state index in [9.17, 15) is 9.59 Å². The Labute approximate surface area is 115 Å². The Balaban J connectivity index is 2.41. The van der Waals surface area contributed by atoms with Crippen molar-refractivity contribution in [1.29, 1.82) is 0 Å². The van der Waals surface area contributed by atoms with Gasteiger partial charge in [-0.2, -0.15) is 0 Å². The number of hydrogen-bond donors (Lipinski definition) is 2. The van der Waals surface area contributed by atoms with Crippen molar-refractivity contribution in [2.45, 2.75) is 57.9 Å². The third kappa shape index (κ3) is 5.19. The van der Waals surface area contributed by atoms with Crippen LogP contribution in [-0.4, -0.2) is 41.0 Å². The molecule has 1 aliphatic heterocycles. The molecule has 2 atom stereocenters. The highest BCUT2D eigenvalue weighted by Crippen LogP contribution is 2.23. The molecule has 0 radical (unpaired) electrons. The van der Waals surface area contributed by atoms with E-state index in [0.29, 0.717) is 25.4 Å². The normalized spacial score (nSPS) is 20.5. The van der Waals surface area contributed by atoms with Gasteiger partial charge in [0, 0.05) is 19.0 Å². The van der Waals surface area contributed by atoms with Crippen molar-refractivity contribution in [3.8, 4) is 0 Å². The number of carbonyl (C=O) groups is 2. The van der Waals surface area contributed by atoms with Gasteiger partial charge < -0.3 is 15.7 Å². The molecule has 0 bridgehead atoms. The first kappa shape index (κ1) is 16.0. The maximum Gasteiger partial charge on any atom is 0.305 e. The number of carboxylic acid groups (broad SMARTS) is 1. The van der Waals surface area contributed by atoms with Crippen LogP contribution in [0.1, 0.15) is 51.9 Å². The van der Waals surface area contributed by atoms with Crippen LogP contribution in [0.3, 0.4) is 0 Å². The quantitative estimate of drug-likeness (QED) is 0.702. The lowest BCUT2D eigenvalue weighted by Crippen LogP contribution is -2.36. The Bertz CT molecular complexity index is 307. The van der Waals surface area contributed by atoms with Crippen molar-refractivity contribution in [3.63, 3.8) is 0 Å². The van der Waals surface area contributed by atoms with Crippen LogP contribution in [0.5, 0.6) is 0 Å². The van der Waals surface area contributed by atoms with E-state index < -0.39 is 5.97 Å². The highest BCUT2D eigenvalue weighted by Gasteiger charge is 2.30. The van der Waals surface area contributed by atoms with Gasteiger partial charge in [0.25, 0.3) is 0 Å². The van der Waals surface area contributed by atoms with Gasteiger partial charge in [0.15, 0.2) is 0 Å². The van der Waals surface area contributed by atoms with Crippen molar-refractivity contribution in [1.82, 2.24) is 4.90 Å². The molecule has 3 N–H and O–H groups in total. The third-order valence-electron chi connectivity index (χ3n) is 4.03. The summed E-state index contributed by atoms with van der Waals surface area (Å²) in [4.78, 5) is 24.7. The van der Waals surface area contributed by atoms with Crippen LogP contribution >= 0.6 is 0 Å². The summed E-state index contributed by atoms with van der Waals surface area (Å²) >= 11 is 0. The Kier molecular flexibility index (Phi) is 6.84. The predicted molar refractivity (Wildman–Crippen MR) is 73.7 cm³/mol. The number of aliphatic carboxylic acids is 1. The first-order valence-corrected chi connectivity index (χ1v) is 7.29. The van der Waals surface area contributed by atoms with Gasteiger partial charge >= 0.3 is 5.97 Å². The average molecular weight is 270 g/mol. The average Bonchev–Trinajstić information content (AvgIpc) is 2.81. The Morgan fingerprint density at radius 3 is 2.74 bits per heavy atom. The summed E-state index contributed by atoms with van der Waals surface area (Å²) in [6.07, 6.45) is 5.20. The number of hydrogen-bond acceptors (Lipinski definition) is 3. The first-order valence-electron chi connectivity index (χ1n) is 7.29. The van der Waals surface area contributed by atoms with Crippen LogP contribution < -0.4 is 5.73 Å². The largest absolute Gasteiger partial charge is 0.481 e. The van der Waals surface area contributed by atoms with Crippen molar-refractivity contribution >= 4 is 11.9 Å². The Morgan fingerprint density at radius 1 is 1.42 bits per heavy atom. The molecule has 0 spiro atoms. The van der Waals surface area contributed by atoms with Crippen LogP contribution in [0, 0.1) is 5.92 Å². The minimum absolute atomic E-state index is 0.0751. The fourth-order valence-corrected chi connectivity index (χ4v) is 2.84. The van der Waals surface area contributed by atoms with Crippen LogP contribution in [0.15, 0.2) is 0 Å². The summed E-state index contributed by atoms with van der Waals surface area (Å²) < 4.78 is 0. The number of nitrogens with zero attached hydrogens (tertiary/aromatic N) is 1. The Morgan fingerprint density at radius 2 is 2.16 bits per heavy atom. The SMILES string of the molecule is CCC(CCN)CCC(=O)N1CCCC1CC(=O)O. The summed E-state index contributed by atoms with van der Waals surface area (Å²) in [5, 5.41) is 8.85. The smallest absolute Gasteiger partial charge is 0.305 e. The number of nitrogens with two attached hydrogens (primary N) is 1. The lowest BCUT2D eigenvalue weighted by atomic mass is 9.96. The fourth-order valence-electron chi connectivity index (χ4n) is 2.84. The topological polar surface area (TPSA) is 83.6 Å². The summed E-state index contributed by atoms with van der Waals surface area (Å²) in [6.45, 7) is 3.50. The molecule has 110 valence electrons. The van der Waals surface area contributed by atoms with E-state index in [1.165, 1.54) is 0 Å². The molecule has 0 aliphatic carbocycles. The number of rotatable bonds is 8. The van der Waals surface area contributed by atoms with Crippen molar-refractivity contribution in [2.75, 3.05) is 13.1 Å². The third-order valence-corrected chi connectivity index (χ3v) is 4.03. The van der Waals surface area contributed by atoms with Crippen LogP contribution in [0.4, 0.5) is 0 Å². The van der Waals surface area contributed by atoms with Gasteiger partial charge in [-0.1, -0.05) is 13.3 Å². The summed E-state index contributed by atoms with van der Waals surface area (Å²) in [7, 11) is 0. The van der Waals surface area contributed by atoms with Gasteiger partial charge in [-0.3, -0.25) is 9.59 Å². The molecule has 5 heteroatoms. The zero-order chi connectivity index (χ0) is 14.3. The monoisotopic (exact) mass is 270 g/mol. The van der Waals surface area contributed by atoms with E-state index in [1.54, 1.807) is 4.90 Å². The molecule has 19 heavy (non-hydrogen) atoms. The Hall–Kier alpha value is -1.10. The predicted octanol–water partition coefficient (Wildman–Crippen LogP) is 1.61. The van der Waals surface area contributed by atoms with Gasteiger partial charge in [-0.25, -0.2) is 0 Å². The maximum atomic E-state index is 12.2. The summed E-state index contributed by atoms with van der Waals surface area (Å²) in [6, 6.07) is -0.0976. The molecular formula is C14H26N2O3. The molecule has 0 aromatic rings.